The number of aliphatic carboxylic acids is 1. The van der Waals surface area contributed by atoms with Crippen LogP contribution in [0.25, 0.3) is 0 Å². The van der Waals surface area contributed by atoms with E-state index >= 15 is 0 Å². The normalized spacial score (nSPS) is 16.8. The molecule has 0 spiro atoms. The standard InChI is InChI=1S/C33H50N12O9/c1-16(2)26(32(53)38-13-25(47)48)43-29(50)22(9-19-12-37-15-40-19)42-31(52)23-6-5-7-45(23)33(54)27(17(3)4)44-30(51)21(8-18-11-36-14-39-18)41-28(49)20(34)10-24(35)46/h11-12,14-17,20-23,26-27H,5-10,13,34H2,1-4H3,(H2,35,46)(H,36,39)(H,37,40)(H,38,53)(H,41,49)(H,42,52)(H,43,50)(H,44,51)(H,47,48)/t20-,21-,22-,23-,26-,27-/m0/s1. The Bertz CT molecular complexity index is 1630. The fraction of sp³-hybridized carbons (Fsp3) is 0.576. The van der Waals surface area contributed by atoms with Crippen molar-refractivity contribution in [3.63, 3.8) is 0 Å². The van der Waals surface area contributed by atoms with Crippen molar-refractivity contribution >= 4 is 47.3 Å². The molecule has 12 N–H and O–H groups in total. The maximum Gasteiger partial charge on any atom is 0.322 e. The number of nitrogens with one attached hydrogen (secondary N) is 7. The summed E-state index contributed by atoms with van der Waals surface area (Å²) < 4.78 is 0. The molecule has 21 heteroatoms. The van der Waals surface area contributed by atoms with E-state index in [0.717, 1.165) is 0 Å². The van der Waals surface area contributed by atoms with Crippen molar-refractivity contribution in [2.45, 2.75) is 96.1 Å². The quantitative estimate of drug-likeness (QED) is 0.0631. The summed E-state index contributed by atoms with van der Waals surface area (Å²) in [7, 11) is 0. The third-order valence-electron chi connectivity index (χ3n) is 8.71. The molecule has 0 bridgehead atoms. The number of carbonyl (C=O) groups excluding carboxylic acids is 7. The van der Waals surface area contributed by atoms with Gasteiger partial charge >= 0.3 is 5.97 Å². The van der Waals surface area contributed by atoms with Crippen LogP contribution in [0.15, 0.2) is 25.0 Å². The van der Waals surface area contributed by atoms with Crippen LogP contribution in [0, 0.1) is 11.8 Å². The highest BCUT2D eigenvalue weighted by atomic mass is 16.4. The highest BCUT2D eigenvalue weighted by molar-refractivity contribution is 5.97. The zero-order valence-corrected chi connectivity index (χ0v) is 30.6. The summed E-state index contributed by atoms with van der Waals surface area (Å²) in [6.45, 7) is 6.23. The Morgan fingerprint density at radius 1 is 0.815 bits per heavy atom. The molecular weight excluding hydrogens is 708 g/mol. The predicted molar refractivity (Wildman–Crippen MR) is 189 cm³/mol. The van der Waals surface area contributed by atoms with Gasteiger partial charge in [-0.15, -0.1) is 0 Å². The van der Waals surface area contributed by atoms with Gasteiger partial charge in [-0.25, -0.2) is 9.97 Å². The molecule has 2 aromatic heterocycles. The van der Waals surface area contributed by atoms with E-state index in [4.69, 9.17) is 16.6 Å². The number of carboxylic acids is 1. The number of hydrogen-bond donors (Lipinski definition) is 10. The number of hydrogen-bond acceptors (Lipinski definition) is 11. The van der Waals surface area contributed by atoms with Crippen LogP contribution in [-0.4, -0.2) is 127 Å². The van der Waals surface area contributed by atoms with Crippen LogP contribution < -0.4 is 38.1 Å². The van der Waals surface area contributed by atoms with Crippen molar-refractivity contribution in [1.29, 1.82) is 0 Å². The van der Waals surface area contributed by atoms with Crippen LogP contribution in [-0.2, 0) is 51.2 Å². The van der Waals surface area contributed by atoms with E-state index in [1.54, 1.807) is 27.7 Å². The van der Waals surface area contributed by atoms with Gasteiger partial charge in [0.25, 0.3) is 0 Å². The Morgan fingerprint density at radius 2 is 1.35 bits per heavy atom. The first-order valence-electron chi connectivity index (χ1n) is 17.5. The van der Waals surface area contributed by atoms with E-state index in [2.05, 4.69) is 46.5 Å². The Hall–Kier alpha value is -5.86. The third-order valence-corrected chi connectivity index (χ3v) is 8.71. The second-order valence-corrected chi connectivity index (χ2v) is 13.7. The smallest absolute Gasteiger partial charge is 0.322 e. The summed E-state index contributed by atoms with van der Waals surface area (Å²) in [5.74, 6) is -7.23. The molecule has 54 heavy (non-hydrogen) atoms. The number of nitrogens with two attached hydrogens (primary N) is 2. The third kappa shape index (κ3) is 12.4. The first-order chi connectivity index (χ1) is 25.5. The lowest BCUT2D eigenvalue weighted by Crippen LogP contribution is -2.61. The number of rotatable bonds is 20. The first-order valence-corrected chi connectivity index (χ1v) is 17.5. The molecule has 296 valence electrons. The molecule has 7 amide bonds. The molecular formula is C33H50N12O9. The minimum Gasteiger partial charge on any atom is -0.480 e. The second kappa shape index (κ2) is 19.8. The maximum absolute atomic E-state index is 14.1. The molecule has 0 aromatic carbocycles. The molecule has 1 saturated heterocycles. The molecule has 1 aliphatic heterocycles. The summed E-state index contributed by atoms with van der Waals surface area (Å²) in [5, 5.41) is 21.7. The summed E-state index contributed by atoms with van der Waals surface area (Å²) in [5.41, 5.74) is 11.9. The topological polar surface area (TPSA) is 330 Å². The summed E-state index contributed by atoms with van der Waals surface area (Å²) in [4.78, 5) is 118. The number of H-pyrrole nitrogens is 2. The molecule has 0 saturated carbocycles. The van der Waals surface area contributed by atoms with Gasteiger partial charge in [0.1, 0.15) is 36.8 Å². The molecule has 0 radical (unpaired) electrons. The van der Waals surface area contributed by atoms with Crippen molar-refractivity contribution in [3.05, 3.63) is 36.4 Å². The van der Waals surface area contributed by atoms with Gasteiger partial charge in [-0.3, -0.25) is 38.4 Å². The molecule has 1 aliphatic rings. The molecule has 3 heterocycles. The SMILES string of the molecule is CC(C)[C@H](NC(=O)[C@H](Cc1cnc[nH]1)NC(=O)[C@@H]1CCCN1C(=O)[C@@H](NC(=O)[C@H](Cc1cnc[nH]1)NC(=O)[C@@H](N)CC(N)=O)C(C)C)C(=O)NCC(=O)O. The van der Waals surface area contributed by atoms with Crippen LogP contribution in [0.4, 0.5) is 0 Å². The molecule has 2 aromatic rings. The van der Waals surface area contributed by atoms with E-state index in [9.17, 15) is 38.4 Å². The first kappa shape index (κ1) is 42.6. The molecule has 21 nitrogen and oxygen atoms in total. The lowest BCUT2D eigenvalue weighted by atomic mass is 10.0. The van der Waals surface area contributed by atoms with Gasteiger partial charge < -0.3 is 58.0 Å². The fourth-order valence-corrected chi connectivity index (χ4v) is 5.82. The number of aromatic nitrogens is 4. The number of carboxylic acid groups (broad SMARTS) is 1. The Balaban J connectivity index is 1.79. The summed E-state index contributed by atoms with van der Waals surface area (Å²) >= 11 is 0. The average Bonchev–Trinajstić information content (AvgIpc) is 3.91. The highest BCUT2D eigenvalue weighted by Gasteiger charge is 2.41. The number of nitrogens with zero attached hydrogens (tertiary/aromatic N) is 3. The Morgan fingerprint density at radius 3 is 1.83 bits per heavy atom. The second-order valence-electron chi connectivity index (χ2n) is 13.7. The number of aromatic amines is 2. The zero-order chi connectivity index (χ0) is 40.1. The number of amides is 7. The molecule has 0 aliphatic carbocycles. The van der Waals surface area contributed by atoms with Gasteiger partial charge in [-0.2, -0.15) is 0 Å². The number of imidazole rings is 2. The number of likely N-dealkylation sites (tertiary alicyclic amines) is 1. The summed E-state index contributed by atoms with van der Waals surface area (Å²) in [6, 6.07) is -7.11. The number of primary amides is 1. The van der Waals surface area contributed by atoms with Crippen molar-refractivity contribution < 1.29 is 43.5 Å². The van der Waals surface area contributed by atoms with Crippen molar-refractivity contribution in [2.24, 2.45) is 23.3 Å². The lowest BCUT2D eigenvalue weighted by Gasteiger charge is -2.32. The minimum absolute atomic E-state index is 0.0585. The minimum atomic E-state index is -1.32. The van der Waals surface area contributed by atoms with Crippen molar-refractivity contribution in [1.82, 2.24) is 51.4 Å². The average molecular weight is 759 g/mol. The number of carbonyl (C=O) groups is 8. The fourth-order valence-electron chi connectivity index (χ4n) is 5.82. The summed E-state index contributed by atoms with van der Waals surface area (Å²) in [6.07, 6.45) is 5.79. The van der Waals surface area contributed by atoms with Gasteiger partial charge in [0.05, 0.1) is 25.1 Å². The Kier molecular flexibility index (Phi) is 15.6. The largest absolute Gasteiger partial charge is 0.480 e. The molecule has 6 atom stereocenters. The van der Waals surface area contributed by atoms with E-state index in [-0.39, 0.29) is 25.8 Å². The van der Waals surface area contributed by atoms with E-state index in [0.29, 0.717) is 17.8 Å². The van der Waals surface area contributed by atoms with Crippen LogP contribution in [0.2, 0.25) is 0 Å². The van der Waals surface area contributed by atoms with E-state index < -0.39 is 108 Å². The monoisotopic (exact) mass is 758 g/mol. The van der Waals surface area contributed by atoms with Crippen LogP contribution in [0.3, 0.4) is 0 Å². The molecule has 1 fully saturated rings. The van der Waals surface area contributed by atoms with E-state index in [1.807, 2.05) is 0 Å². The van der Waals surface area contributed by atoms with Crippen molar-refractivity contribution in [3.8, 4) is 0 Å². The van der Waals surface area contributed by atoms with Gasteiger partial charge in [0, 0.05) is 43.2 Å². The molecule has 3 rings (SSSR count). The van der Waals surface area contributed by atoms with Gasteiger partial charge in [-0.1, -0.05) is 27.7 Å². The van der Waals surface area contributed by atoms with Crippen LogP contribution >= 0.6 is 0 Å². The lowest BCUT2D eigenvalue weighted by molar-refractivity contribution is -0.143. The van der Waals surface area contributed by atoms with Crippen LogP contribution in [0.5, 0.6) is 0 Å². The van der Waals surface area contributed by atoms with Gasteiger partial charge in [0.2, 0.25) is 41.4 Å². The highest BCUT2D eigenvalue weighted by Crippen LogP contribution is 2.21. The van der Waals surface area contributed by atoms with Crippen molar-refractivity contribution in [2.75, 3.05) is 13.1 Å². The van der Waals surface area contributed by atoms with E-state index in [1.165, 1.54) is 29.9 Å². The Labute approximate surface area is 310 Å². The molecule has 0 unspecified atom stereocenters. The predicted octanol–water partition coefficient (Wildman–Crippen LogP) is -3.44. The zero-order valence-electron chi connectivity index (χ0n) is 30.6. The van der Waals surface area contributed by atoms with Gasteiger partial charge in [-0.05, 0) is 24.7 Å². The van der Waals surface area contributed by atoms with Gasteiger partial charge in [0.15, 0.2) is 0 Å². The maximum atomic E-state index is 14.1. The van der Waals surface area contributed by atoms with Crippen LogP contribution in [0.1, 0.15) is 58.3 Å².